The topological polar surface area (TPSA) is 9.23 Å². The lowest BCUT2D eigenvalue weighted by Crippen LogP contribution is -1.99. The van der Waals surface area contributed by atoms with Crippen LogP contribution in [0.15, 0.2) is 18.2 Å². The van der Waals surface area contributed by atoms with E-state index in [0.717, 1.165) is 13.0 Å². The highest BCUT2D eigenvalue weighted by Crippen LogP contribution is 2.28. The van der Waals surface area contributed by atoms with Gasteiger partial charge in [-0.25, -0.2) is 0 Å². The molecule has 1 atom stereocenters. The molecule has 70 valence electrons. The summed E-state index contributed by atoms with van der Waals surface area (Å²) in [6, 6.07) is 6.46. The highest BCUT2D eigenvalue weighted by atomic mass is 35.5. The van der Waals surface area contributed by atoms with Crippen molar-refractivity contribution in [2.75, 3.05) is 13.2 Å². The summed E-state index contributed by atoms with van der Waals surface area (Å²) in [5.74, 6) is 0. The van der Waals surface area contributed by atoms with E-state index in [-0.39, 0.29) is 5.38 Å². The molecule has 0 N–H and O–H groups in total. The van der Waals surface area contributed by atoms with Gasteiger partial charge in [-0.1, -0.05) is 23.8 Å². The summed E-state index contributed by atoms with van der Waals surface area (Å²) < 4.78 is 5.40. The zero-order valence-electron chi connectivity index (χ0n) is 7.72. The largest absolute Gasteiger partial charge is 0.379 e. The molecule has 13 heavy (non-hydrogen) atoms. The van der Waals surface area contributed by atoms with Crippen LogP contribution >= 0.6 is 11.6 Å². The Morgan fingerprint density at radius 2 is 2.31 bits per heavy atom. The molecular weight excluding hydrogens is 184 g/mol. The van der Waals surface area contributed by atoms with E-state index in [2.05, 4.69) is 25.1 Å². The molecule has 1 aliphatic heterocycles. The van der Waals surface area contributed by atoms with Crippen LogP contribution in [0.5, 0.6) is 0 Å². The van der Waals surface area contributed by atoms with Gasteiger partial charge in [0.25, 0.3) is 0 Å². The summed E-state index contributed by atoms with van der Waals surface area (Å²) in [7, 11) is 0. The summed E-state index contributed by atoms with van der Waals surface area (Å²) in [4.78, 5) is 0. The van der Waals surface area contributed by atoms with Crippen molar-refractivity contribution in [2.24, 2.45) is 0 Å². The van der Waals surface area contributed by atoms with E-state index >= 15 is 0 Å². The quantitative estimate of drug-likeness (QED) is 0.580. The first-order valence-electron chi connectivity index (χ1n) is 4.58. The predicted octanol–water partition coefficient (Wildman–Crippen LogP) is 2.85. The molecule has 0 amide bonds. The minimum Gasteiger partial charge on any atom is -0.379 e. The SMILES string of the molecule is Cc1ccc2c(c1)C(Cl)COCC2. The molecule has 0 fully saturated rings. The van der Waals surface area contributed by atoms with Crippen molar-refractivity contribution in [2.45, 2.75) is 18.7 Å². The van der Waals surface area contributed by atoms with Crippen LogP contribution in [-0.2, 0) is 11.2 Å². The Labute approximate surface area is 83.7 Å². The van der Waals surface area contributed by atoms with Crippen LogP contribution in [0.25, 0.3) is 0 Å². The molecule has 0 radical (unpaired) electrons. The van der Waals surface area contributed by atoms with Crippen molar-refractivity contribution in [3.63, 3.8) is 0 Å². The zero-order valence-corrected chi connectivity index (χ0v) is 8.47. The lowest BCUT2D eigenvalue weighted by atomic mass is 10.0. The lowest BCUT2D eigenvalue weighted by Gasteiger charge is -2.10. The molecule has 0 saturated carbocycles. The standard InChI is InChI=1S/C11H13ClO/c1-8-2-3-9-4-5-13-7-11(12)10(9)6-8/h2-3,6,11H,4-5,7H2,1H3. The molecule has 0 saturated heterocycles. The van der Waals surface area contributed by atoms with Crippen molar-refractivity contribution in [1.29, 1.82) is 0 Å². The van der Waals surface area contributed by atoms with Gasteiger partial charge in [0.15, 0.2) is 0 Å². The lowest BCUT2D eigenvalue weighted by molar-refractivity contribution is 0.143. The second-order valence-corrected chi connectivity index (χ2v) is 4.02. The Bertz CT molecular complexity index is 309. The first kappa shape index (κ1) is 9.04. The van der Waals surface area contributed by atoms with Gasteiger partial charge < -0.3 is 4.74 Å². The third-order valence-corrected chi connectivity index (χ3v) is 2.78. The van der Waals surface area contributed by atoms with Crippen LogP contribution in [-0.4, -0.2) is 13.2 Å². The van der Waals surface area contributed by atoms with Gasteiger partial charge in [0.2, 0.25) is 0 Å². The number of ether oxygens (including phenoxy) is 1. The number of halogens is 1. The van der Waals surface area contributed by atoms with Gasteiger partial charge in [-0.15, -0.1) is 11.6 Å². The highest BCUT2D eigenvalue weighted by molar-refractivity contribution is 6.21. The van der Waals surface area contributed by atoms with Gasteiger partial charge in [-0.2, -0.15) is 0 Å². The normalized spacial score (nSPS) is 22.2. The molecule has 2 heteroatoms. The maximum Gasteiger partial charge on any atom is 0.0821 e. The highest BCUT2D eigenvalue weighted by Gasteiger charge is 2.16. The predicted molar refractivity (Wildman–Crippen MR) is 54.3 cm³/mol. The van der Waals surface area contributed by atoms with Gasteiger partial charge in [0, 0.05) is 0 Å². The van der Waals surface area contributed by atoms with Gasteiger partial charge >= 0.3 is 0 Å². The maximum absolute atomic E-state index is 6.20. The molecule has 0 aromatic heterocycles. The van der Waals surface area contributed by atoms with E-state index in [4.69, 9.17) is 16.3 Å². The first-order valence-corrected chi connectivity index (χ1v) is 5.02. The van der Waals surface area contributed by atoms with E-state index in [1.54, 1.807) is 0 Å². The van der Waals surface area contributed by atoms with Gasteiger partial charge in [0.05, 0.1) is 18.6 Å². The minimum atomic E-state index is 0.0254. The Hall–Kier alpha value is -0.530. The second-order valence-electron chi connectivity index (χ2n) is 3.49. The summed E-state index contributed by atoms with van der Waals surface area (Å²) >= 11 is 6.20. The summed E-state index contributed by atoms with van der Waals surface area (Å²) in [6.45, 7) is 3.52. The smallest absolute Gasteiger partial charge is 0.0821 e. The molecule has 2 rings (SSSR count). The average Bonchev–Trinajstić information content (AvgIpc) is 2.29. The molecule has 0 aliphatic carbocycles. The molecule has 1 aliphatic rings. The number of fused-ring (bicyclic) bond motifs is 1. The van der Waals surface area contributed by atoms with Crippen LogP contribution in [0.3, 0.4) is 0 Å². The van der Waals surface area contributed by atoms with E-state index in [9.17, 15) is 0 Å². The second kappa shape index (κ2) is 3.69. The molecule has 1 aromatic carbocycles. The van der Waals surface area contributed by atoms with Crippen molar-refractivity contribution in [3.8, 4) is 0 Å². The zero-order chi connectivity index (χ0) is 9.26. The molecule has 0 bridgehead atoms. The Morgan fingerprint density at radius 1 is 1.46 bits per heavy atom. The summed E-state index contributed by atoms with van der Waals surface area (Å²) in [5.41, 5.74) is 3.86. The molecular formula is C11H13ClO. The summed E-state index contributed by atoms with van der Waals surface area (Å²) in [6.07, 6.45) is 0.985. The van der Waals surface area contributed by atoms with Crippen molar-refractivity contribution in [3.05, 3.63) is 34.9 Å². The van der Waals surface area contributed by atoms with E-state index in [1.165, 1.54) is 16.7 Å². The van der Waals surface area contributed by atoms with E-state index in [1.807, 2.05) is 0 Å². The molecule has 1 unspecified atom stereocenters. The van der Waals surface area contributed by atoms with Crippen LogP contribution in [0.2, 0.25) is 0 Å². The third-order valence-electron chi connectivity index (χ3n) is 2.42. The van der Waals surface area contributed by atoms with Gasteiger partial charge in [-0.05, 0) is 24.5 Å². The van der Waals surface area contributed by atoms with Crippen molar-refractivity contribution >= 4 is 11.6 Å². The monoisotopic (exact) mass is 196 g/mol. The number of hydrogen-bond donors (Lipinski definition) is 0. The van der Waals surface area contributed by atoms with Crippen molar-refractivity contribution in [1.82, 2.24) is 0 Å². The molecule has 1 heterocycles. The number of rotatable bonds is 0. The number of alkyl halides is 1. The fraction of sp³-hybridized carbons (Fsp3) is 0.455. The van der Waals surface area contributed by atoms with Crippen LogP contribution in [0, 0.1) is 6.92 Å². The van der Waals surface area contributed by atoms with Crippen LogP contribution < -0.4 is 0 Å². The molecule has 1 aromatic rings. The van der Waals surface area contributed by atoms with Crippen LogP contribution in [0.1, 0.15) is 22.1 Å². The van der Waals surface area contributed by atoms with Gasteiger partial charge in [-0.3, -0.25) is 0 Å². The first-order chi connectivity index (χ1) is 6.27. The Kier molecular flexibility index (Phi) is 2.56. The Morgan fingerprint density at radius 3 is 3.15 bits per heavy atom. The minimum absolute atomic E-state index is 0.0254. The molecule has 0 spiro atoms. The molecule has 1 nitrogen and oxygen atoms in total. The Balaban J connectivity index is 2.43. The average molecular weight is 197 g/mol. The van der Waals surface area contributed by atoms with Crippen LogP contribution in [0.4, 0.5) is 0 Å². The van der Waals surface area contributed by atoms with E-state index in [0.29, 0.717) is 6.61 Å². The number of aryl methyl sites for hydroxylation is 1. The maximum atomic E-state index is 6.20. The number of hydrogen-bond acceptors (Lipinski definition) is 1. The summed E-state index contributed by atoms with van der Waals surface area (Å²) in [5, 5.41) is 0.0254. The number of benzene rings is 1. The van der Waals surface area contributed by atoms with E-state index < -0.39 is 0 Å². The third kappa shape index (κ3) is 1.87. The fourth-order valence-corrected chi connectivity index (χ4v) is 1.98. The van der Waals surface area contributed by atoms with Crippen molar-refractivity contribution < 1.29 is 4.74 Å². The van der Waals surface area contributed by atoms with Gasteiger partial charge in [0.1, 0.15) is 0 Å². The fourth-order valence-electron chi connectivity index (χ4n) is 1.69.